The van der Waals surface area contributed by atoms with Gasteiger partial charge in [0.1, 0.15) is 12.4 Å². The molecule has 2 rings (SSSR count). The molecule has 0 aliphatic rings. The highest BCUT2D eigenvalue weighted by atomic mass is 19.1. The molecule has 1 heterocycles. The molecular weight excluding hydrogens is 273 g/mol. The first-order chi connectivity index (χ1) is 9.97. The Morgan fingerprint density at radius 1 is 1.33 bits per heavy atom. The molecule has 1 N–H and O–H groups in total. The van der Waals surface area contributed by atoms with Crippen molar-refractivity contribution in [1.82, 2.24) is 4.98 Å². The fourth-order valence-corrected chi connectivity index (χ4v) is 1.79. The monoisotopic (exact) mass is 289 g/mol. The number of hydrogen-bond donors (Lipinski definition) is 1. The Bertz CT molecular complexity index is 656. The van der Waals surface area contributed by atoms with Gasteiger partial charge in [0.05, 0.1) is 5.56 Å². The summed E-state index contributed by atoms with van der Waals surface area (Å²) in [6.07, 6.45) is 0. The van der Waals surface area contributed by atoms with Crippen LogP contribution in [-0.2, 0) is 6.61 Å². The van der Waals surface area contributed by atoms with E-state index in [4.69, 9.17) is 9.84 Å². The SMILES string of the molecule is CC(C)c1cc(C(=O)O)cc(OCc2ccccc2F)n1. The Balaban J connectivity index is 2.23. The van der Waals surface area contributed by atoms with Crippen LogP contribution in [0.25, 0.3) is 0 Å². The first-order valence-electron chi connectivity index (χ1n) is 6.59. The number of nitrogens with zero attached hydrogens (tertiary/aromatic N) is 1. The molecule has 0 fully saturated rings. The van der Waals surface area contributed by atoms with Gasteiger partial charge in [-0.15, -0.1) is 0 Å². The molecule has 0 atom stereocenters. The number of pyridine rings is 1. The molecule has 2 aromatic rings. The molecule has 0 saturated heterocycles. The molecule has 0 unspecified atom stereocenters. The van der Waals surface area contributed by atoms with E-state index in [-0.39, 0.29) is 29.8 Å². The van der Waals surface area contributed by atoms with E-state index >= 15 is 0 Å². The van der Waals surface area contributed by atoms with Crippen LogP contribution in [0.5, 0.6) is 5.88 Å². The van der Waals surface area contributed by atoms with E-state index in [2.05, 4.69) is 4.98 Å². The quantitative estimate of drug-likeness (QED) is 0.913. The summed E-state index contributed by atoms with van der Waals surface area (Å²) < 4.78 is 19.0. The average molecular weight is 289 g/mol. The first-order valence-corrected chi connectivity index (χ1v) is 6.59. The van der Waals surface area contributed by atoms with E-state index in [1.807, 2.05) is 13.8 Å². The Kier molecular flexibility index (Phi) is 4.52. The summed E-state index contributed by atoms with van der Waals surface area (Å²) in [6, 6.07) is 9.12. The van der Waals surface area contributed by atoms with Crippen LogP contribution in [0.3, 0.4) is 0 Å². The highest BCUT2D eigenvalue weighted by molar-refractivity contribution is 5.88. The Morgan fingerprint density at radius 2 is 2.05 bits per heavy atom. The molecule has 0 bridgehead atoms. The van der Waals surface area contributed by atoms with E-state index in [1.54, 1.807) is 18.2 Å². The number of benzene rings is 1. The number of aromatic carboxylic acids is 1. The lowest BCUT2D eigenvalue weighted by Gasteiger charge is -2.11. The highest BCUT2D eigenvalue weighted by Crippen LogP contribution is 2.20. The second-order valence-corrected chi connectivity index (χ2v) is 4.96. The van der Waals surface area contributed by atoms with Gasteiger partial charge in [-0.1, -0.05) is 32.0 Å². The largest absolute Gasteiger partial charge is 0.478 e. The van der Waals surface area contributed by atoms with Crippen LogP contribution in [0.15, 0.2) is 36.4 Å². The fourth-order valence-electron chi connectivity index (χ4n) is 1.79. The zero-order valence-electron chi connectivity index (χ0n) is 11.8. The van der Waals surface area contributed by atoms with Crippen LogP contribution < -0.4 is 4.74 Å². The Hall–Kier alpha value is -2.43. The summed E-state index contributed by atoms with van der Waals surface area (Å²) in [6.45, 7) is 3.82. The number of carbonyl (C=O) groups is 1. The van der Waals surface area contributed by atoms with Crippen molar-refractivity contribution < 1.29 is 19.0 Å². The van der Waals surface area contributed by atoms with Gasteiger partial charge in [0.15, 0.2) is 0 Å². The molecule has 0 spiro atoms. The molecule has 110 valence electrons. The predicted octanol–water partition coefficient (Wildman–Crippen LogP) is 3.62. The maximum atomic E-state index is 13.5. The molecule has 0 amide bonds. The smallest absolute Gasteiger partial charge is 0.335 e. The summed E-state index contributed by atoms with van der Waals surface area (Å²) >= 11 is 0. The van der Waals surface area contributed by atoms with Gasteiger partial charge >= 0.3 is 5.97 Å². The lowest BCUT2D eigenvalue weighted by Crippen LogP contribution is -2.05. The first kappa shape index (κ1) is 15.0. The highest BCUT2D eigenvalue weighted by Gasteiger charge is 2.12. The van der Waals surface area contributed by atoms with Gasteiger partial charge < -0.3 is 9.84 Å². The Labute approximate surface area is 122 Å². The van der Waals surface area contributed by atoms with Crippen molar-refractivity contribution in [1.29, 1.82) is 0 Å². The second-order valence-electron chi connectivity index (χ2n) is 4.96. The molecule has 1 aromatic heterocycles. The van der Waals surface area contributed by atoms with E-state index in [1.165, 1.54) is 18.2 Å². The normalized spacial score (nSPS) is 10.7. The minimum Gasteiger partial charge on any atom is -0.478 e. The molecule has 1 aromatic carbocycles. The van der Waals surface area contributed by atoms with Gasteiger partial charge in [0.25, 0.3) is 0 Å². The van der Waals surface area contributed by atoms with Crippen molar-refractivity contribution in [2.24, 2.45) is 0 Å². The maximum absolute atomic E-state index is 13.5. The van der Waals surface area contributed by atoms with Gasteiger partial charge in [-0.3, -0.25) is 0 Å². The maximum Gasteiger partial charge on any atom is 0.335 e. The number of hydrogen-bond acceptors (Lipinski definition) is 3. The van der Waals surface area contributed by atoms with Crippen LogP contribution in [0, 0.1) is 5.82 Å². The topological polar surface area (TPSA) is 59.4 Å². The average Bonchev–Trinajstić information content (AvgIpc) is 2.46. The zero-order valence-corrected chi connectivity index (χ0v) is 11.8. The van der Waals surface area contributed by atoms with E-state index in [0.29, 0.717) is 11.3 Å². The number of rotatable bonds is 5. The number of carboxylic acid groups (broad SMARTS) is 1. The predicted molar refractivity (Wildman–Crippen MR) is 76.0 cm³/mol. The molecule has 4 nitrogen and oxygen atoms in total. The van der Waals surface area contributed by atoms with Crippen LogP contribution in [0.4, 0.5) is 4.39 Å². The standard InChI is InChI=1S/C16H16FNO3/c1-10(2)14-7-12(16(19)20)8-15(18-14)21-9-11-5-3-4-6-13(11)17/h3-8,10H,9H2,1-2H3,(H,19,20). The van der Waals surface area contributed by atoms with Crippen molar-refractivity contribution in [2.45, 2.75) is 26.4 Å². The third kappa shape index (κ3) is 3.78. The molecule has 0 aliphatic carbocycles. The van der Waals surface area contributed by atoms with Gasteiger partial charge in [-0.2, -0.15) is 0 Å². The van der Waals surface area contributed by atoms with Gasteiger partial charge in [0, 0.05) is 17.3 Å². The lowest BCUT2D eigenvalue weighted by atomic mass is 10.1. The van der Waals surface area contributed by atoms with Crippen molar-refractivity contribution in [3.63, 3.8) is 0 Å². The van der Waals surface area contributed by atoms with Crippen molar-refractivity contribution >= 4 is 5.97 Å². The summed E-state index contributed by atoms with van der Waals surface area (Å²) in [5.41, 5.74) is 1.13. The summed E-state index contributed by atoms with van der Waals surface area (Å²) in [5.74, 6) is -1.16. The zero-order chi connectivity index (χ0) is 15.4. The van der Waals surface area contributed by atoms with E-state index < -0.39 is 5.97 Å². The molecule has 0 saturated carbocycles. The summed E-state index contributed by atoms with van der Waals surface area (Å²) in [4.78, 5) is 15.4. The van der Waals surface area contributed by atoms with E-state index in [9.17, 15) is 9.18 Å². The Morgan fingerprint density at radius 3 is 2.67 bits per heavy atom. The summed E-state index contributed by atoms with van der Waals surface area (Å²) in [7, 11) is 0. The van der Waals surface area contributed by atoms with Gasteiger partial charge in [0.2, 0.25) is 5.88 Å². The van der Waals surface area contributed by atoms with Crippen LogP contribution >= 0.6 is 0 Å². The van der Waals surface area contributed by atoms with Gasteiger partial charge in [-0.05, 0) is 18.1 Å². The lowest BCUT2D eigenvalue weighted by molar-refractivity contribution is 0.0696. The molecule has 21 heavy (non-hydrogen) atoms. The number of ether oxygens (including phenoxy) is 1. The third-order valence-electron chi connectivity index (χ3n) is 2.99. The molecule has 0 radical (unpaired) electrons. The van der Waals surface area contributed by atoms with Crippen molar-refractivity contribution in [2.75, 3.05) is 0 Å². The number of carboxylic acids is 1. The number of halogens is 1. The summed E-state index contributed by atoms with van der Waals surface area (Å²) in [5, 5.41) is 9.10. The molecular formula is C16H16FNO3. The van der Waals surface area contributed by atoms with Gasteiger partial charge in [-0.25, -0.2) is 14.2 Å². The minimum absolute atomic E-state index is 0.000279. The molecule has 5 heteroatoms. The second kappa shape index (κ2) is 6.35. The fraction of sp³-hybridized carbons (Fsp3) is 0.250. The van der Waals surface area contributed by atoms with Crippen LogP contribution in [0.1, 0.15) is 41.4 Å². The molecule has 0 aliphatic heterocycles. The van der Waals surface area contributed by atoms with Crippen molar-refractivity contribution in [3.05, 3.63) is 59.0 Å². The number of aromatic nitrogens is 1. The minimum atomic E-state index is -1.05. The van der Waals surface area contributed by atoms with Crippen molar-refractivity contribution in [3.8, 4) is 5.88 Å². The van der Waals surface area contributed by atoms with Crippen LogP contribution in [0.2, 0.25) is 0 Å². The van der Waals surface area contributed by atoms with E-state index in [0.717, 1.165) is 0 Å². The van der Waals surface area contributed by atoms with Crippen LogP contribution in [-0.4, -0.2) is 16.1 Å². The third-order valence-corrected chi connectivity index (χ3v) is 2.99.